The lowest BCUT2D eigenvalue weighted by Crippen LogP contribution is -2.53. The van der Waals surface area contributed by atoms with Gasteiger partial charge in [0.25, 0.3) is 0 Å². The first-order valence-corrected chi connectivity index (χ1v) is 9.08. The Kier molecular flexibility index (Phi) is 3.92. The number of ether oxygens (including phenoxy) is 1. The van der Waals surface area contributed by atoms with Gasteiger partial charge in [-0.05, 0) is 61.8 Å². The van der Waals surface area contributed by atoms with Crippen molar-refractivity contribution in [1.82, 2.24) is 4.90 Å². The number of fused-ring (bicyclic) bond motifs is 1. The maximum atomic E-state index is 12.3. The quantitative estimate of drug-likeness (QED) is 0.853. The predicted octanol–water partition coefficient (Wildman–Crippen LogP) is 3.42. The molecule has 0 spiro atoms. The van der Waals surface area contributed by atoms with Crippen LogP contribution in [0.3, 0.4) is 0 Å². The summed E-state index contributed by atoms with van der Waals surface area (Å²) in [6.45, 7) is 3.58. The number of likely N-dealkylation sites (tertiary alicyclic amines) is 1. The van der Waals surface area contributed by atoms with Gasteiger partial charge in [-0.25, -0.2) is 0 Å². The number of piperidine rings is 1. The van der Waals surface area contributed by atoms with Crippen molar-refractivity contribution in [2.75, 3.05) is 26.7 Å². The van der Waals surface area contributed by atoms with Crippen LogP contribution in [0.15, 0.2) is 24.3 Å². The van der Waals surface area contributed by atoms with Crippen LogP contribution in [-0.4, -0.2) is 37.4 Å². The van der Waals surface area contributed by atoms with Crippen LogP contribution in [0, 0.1) is 11.8 Å². The van der Waals surface area contributed by atoms with Crippen LogP contribution < -0.4 is 4.74 Å². The normalized spacial score (nSPS) is 31.7. The summed E-state index contributed by atoms with van der Waals surface area (Å²) in [5, 5.41) is 0. The Morgan fingerprint density at radius 2 is 2.17 bits per heavy atom. The molecule has 2 saturated carbocycles. The molecule has 0 radical (unpaired) electrons. The van der Waals surface area contributed by atoms with Crippen molar-refractivity contribution < 1.29 is 9.53 Å². The van der Waals surface area contributed by atoms with Crippen molar-refractivity contribution in [3.05, 3.63) is 29.8 Å². The molecule has 4 rings (SSSR count). The smallest absolute Gasteiger partial charge is 0.133 e. The van der Waals surface area contributed by atoms with Gasteiger partial charge in [0, 0.05) is 31.3 Å². The third-order valence-electron chi connectivity index (χ3n) is 6.28. The zero-order valence-electron chi connectivity index (χ0n) is 14.1. The summed E-state index contributed by atoms with van der Waals surface area (Å²) in [6.07, 6.45) is 6.50. The summed E-state index contributed by atoms with van der Waals surface area (Å²) in [5.74, 6) is 2.91. The number of nitrogens with zero attached hydrogens (tertiary/aromatic N) is 1. The third-order valence-corrected chi connectivity index (χ3v) is 6.28. The minimum Gasteiger partial charge on any atom is -0.497 e. The van der Waals surface area contributed by atoms with Crippen molar-refractivity contribution in [3.8, 4) is 5.75 Å². The number of benzene rings is 1. The first-order chi connectivity index (χ1) is 11.2. The number of hydrogen-bond donors (Lipinski definition) is 0. The second-order valence-corrected chi connectivity index (χ2v) is 7.79. The van der Waals surface area contributed by atoms with Crippen LogP contribution in [0.2, 0.25) is 0 Å². The molecule has 3 heteroatoms. The predicted molar refractivity (Wildman–Crippen MR) is 90.8 cm³/mol. The maximum Gasteiger partial charge on any atom is 0.133 e. The lowest BCUT2D eigenvalue weighted by molar-refractivity contribution is -0.125. The lowest BCUT2D eigenvalue weighted by atomic mass is 9.59. The SMILES string of the molecule is COc1cccc([C@@]23CCN(CC4CC4)C[C@H]2CCC(=O)C3)c1. The molecule has 0 amide bonds. The molecule has 2 atom stereocenters. The Balaban J connectivity index is 1.62. The molecule has 0 unspecified atom stereocenters. The molecule has 0 bridgehead atoms. The van der Waals surface area contributed by atoms with Gasteiger partial charge in [-0.1, -0.05) is 12.1 Å². The highest BCUT2D eigenvalue weighted by molar-refractivity contribution is 5.81. The maximum absolute atomic E-state index is 12.3. The van der Waals surface area contributed by atoms with Crippen LogP contribution in [0.5, 0.6) is 5.75 Å². The van der Waals surface area contributed by atoms with Gasteiger partial charge in [0.1, 0.15) is 11.5 Å². The number of ketones is 1. The zero-order chi connectivity index (χ0) is 15.9. The van der Waals surface area contributed by atoms with Crippen molar-refractivity contribution >= 4 is 5.78 Å². The van der Waals surface area contributed by atoms with Gasteiger partial charge < -0.3 is 9.64 Å². The number of methoxy groups -OCH3 is 1. The molecule has 1 heterocycles. The fraction of sp³-hybridized carbons (Fsp3) is 0.650. The van der Waals surface area contributed by atoms with E-state index in [0.29, 0.717) is 11.7 Å². The van der Waals surface area contributed by atoms with Crippen molar-refractivity contribution in [1.29, 1.82) is 0 Å². The summed E-state index contributed by atoms with van der Waals surface area (Å²) in [4.78, 5) is 14.9. The monoisotopic (exact) mass is 313 g/mol. The molecule has 1 aromatic carbocycles. The van der Waals surface area contributed by atoms with E-state index in [1.807, 2.05) is 6.07 Å². The van der Waals surface area contributed by atoms with Gasteiger partial charge in [-0.15, -0.1) is 0 Å². The number of Topliss-reactive ketones (excluding diaryl/α,β-unsaturated/α-hetero) is 1. The van der Waals surface area contributed by atoms with E-state index in [1.165, 1.54) is 31.5 Å². The minimum atomic E-state index is 0.0456. The fourth-order valence-electron chi connectivity index (χ4n) is 4.76. The van der Waals surface area contributed by atoms with E-state index in [9.17, 15) is 4.79 Å². The summed E-state index contributed by atoms with van der Waals surface area (Å²) in [7, 11) is 1.72. The van der Waals surface area contributed by atoms with Crippen LogP contribution in [0.25, 0.3) is 0 Å². The topological polar surface area (TPSA) is 29.5 Å². The van der Waals surface area contributed by atoms with E-state index in [2.05, 4.69) is 23.1 Å². The highest BCUT2D eigenvalue weighted by Gasteiger charge is 2.48. The largest absolute Gasteiger partial charge is 0.497 e. The summed E-state index contributed by atoms with van der Waals surface area (Å²) < 4.78 is 5.44. The van der Waals surface area contributed by atoms with Crippen molar-refractivity contribution in [2.24, 2.45) is 11.8 Å². The average Bonchev–Trinajstić information content (AvgIpc) is 3.39. The van der Waals surface area contributed by atoms with Crippen molar-refractivity contribution in [2.45, 2.75) is 43.9 Å². The van der Waals surface area contributed by atoms with Crippen LogP contribution in [-0.2, 0) is 10.2 Å². The van der Waals surface area contributed by atoms with Crippen LogP contribution in [0.4, 0.5) is 0 Å². The molecule has 3 aliphatic rings. The Bertz CT molecular complexity index is 595. The molecule has 1 saturated heterocycles. The van der Waals surface area contributed by atoms with Crippen LogP contribution in [0.1, 0.15) is 44.1 Å². The van der Waals surface area contributed by atoms with Gasteiger partial charge in [-0.3, -0.25) is 4.79 Å². The number of carbonyl (C=O) groups is 1. The molecule has 23 heavy (non-hydrogen) atoms. The van der Waals surface area contributed by atoms with E-state index < -0.39 is 0 Å². The molecule has 124 valence electrons. The number of hydrogen-bond acceptors (Lipinski definition) is 3. The summed E-state index contributed by atoms with van der Waals surface area (Å²) in [6, 6.07) is 8.46. The molecular weight excluding hydrogens is 286 g/mol. The van der Waals surface area contributed by atoms with E-state index in [1.54, 1.807) is 7.11 Å². The van der Waals surface area contributed by atoms with Crippen LogP contribution >= 0.6 is 0 Å². The Labute approximate surface area is 139 Å². The molecule has 0 N–H and O–H groups in total. The van der Waals surface area contributed by atoms with Gasteiger partial charge >= 0.3 is 0 Å². The van der Waals surface area contributed by atoms with E-state index in [-0.39, 0.29) is 5.41 Å². The first kappa shape index (κ1) is 15.2. The summed E-state index contributed by atoms with van der Waals surface area (Å²) >= 11 is 0. The highest BCUT2D eigenvalue weighted by Crippen LogP contribution is 2.49. The lowest BCUT2D eigenvalue weighted by Gasteiger charge is -2.50. The molecule has 1 aromatic rings. The molecule has 1 aliphatic heterocycles. The van der Waals surface area contributed by atoms with Gasteiger partial charge in [0.05, 0.1) is 7.11 Å². The second kappa shape index (κ2) is 5.94. The molecular formula is C20H27NO2. The van der Waals surface area contributed by atoms with E-state index in [0.717, 1.165) is 43.9 Å². The van der Waals surface area contributed by atoms with E-state index >= 15 is 0 Å². The Hall–Kier alpha value is -1.35. The van der Waals surface area contributed by atoms with Gasteiger partial charge in [0.2, 0.25) is 0 Å². The summed E-state index contributed by atoms with van der Waals surface area (Å²) in [5.41, 5.74) is 1.37. The highest BCUT2D eigenvalue weighted by atomic mass is 16.5. The Morgan fingerprint density at radius 1 is 1.30 bits per heavy atom. The molecule has 0 aromatic heterocycles. The number of carbonyl (C=O) groups excluding carboxylic acids is 1. The fourth-order valence-corrected chi connectivity index (χ4v) is 4.76. The second-order valence-electron chi connectivity index (χ2n) is 7.79. The average molecular weight is 313 g/mol. The minimum absolute atomic E-state index is 0.0456. The third kappa shape index (κ3) is 2.91. The van der Waals surface area contributed by atoms with Gasteiger partial charge in [-0.2, -0.15) is 0 Å². The first-order valence-electron chi connectivity index (χ1n) is 9.08. The van der Waals surface area contributed by atoms with Crippen molar-refractivity contribution in [3.63, 3.8) is 0 Å². The van der Waals surface area contributed by atoms with Gasteiger partial charge in [0.15, 0.2) is 0 Å². The zero-order valence-corrected chi connectivity index (χ0v) is 14.1. The molecule has 3 fully saturated rings. The standard InChI is InChI=1S/C20H27NO2/c1-23-19-4-2-3-16(11-19)20-9-10-21(13-15-5-6-15)14-17(20)7-8-18(22)12-20/h2-4,11,15,17H,5-10,12-14H2,1H3/t17-,20+/m1/s1. The molecule has 2 aliphatic carbocycles. The Morgan fingerprint density at radius 3 is 2.96 bits per heavy atom. The molecule has 3 nitrogen and oxygen atoms in total. The number of rotatable bonds is 4. The van der Waals surface area contributed by atoms with E-state index in [4.69, 9.17) is 4.74 Å².